The van der Waals surface area contributed by atoms with Crippen molar-refractivity contribution in [1.29, 1.82) is 0 Å². The Morgan fingerprint density at radius 1 is 1.18 bits per heavy atom. The maximum absolute atomic E-state index is 9.29. The van der Waals surface area contributed by atoms with Crippen LogP contribution >= 0.6 is 0 Å². The molecule has 0 radical (unpaired) electrons. The minimum Gasteiger partial charge on any atom is -0.395 e. The third kappa shape index (κ3) is 5.05. The molecule has 0 amide bonds. The standard InChI is InChI=1S/C15H27NO/c1-3-5-10-16(11-6-4-2)12-14-8-7-9-15(14)13-17/h7-9,15,17H,3-6,10-13H2,1-2H3. The summed E-state index contributed by atoms with van der Waals surface area (Å²) in [6, 6.07) is 0. The molecule has 0 saturated heterocycles. The van der Waals surface area contributed by atoms with Gasteiger partial charge in [-0.1, -0.05) is 44.9 Å². The van der Waals surface area contributed by atoms with Gasteiger partial charge in [0.2, 0.25) is 0 Å². The first kappa shape index (κ1) is 14.5. The van der Waals surface area contributed by atoms with Gasteiger partial charge in [0.05, 0.1) is 6.61 Å². The van der Waals surface area contributed by atoms with E-state index in [-0.39, 0.29) is 12.5 Å². The highest BCUT2D eigenvalue weighted by molar-refractivity contribution is 5.28. The summed E-state index contributed by atoms with van der Waals surface area (Å²) < 4.78 is 0. The van der Waals surface area contributed by atoms with Crippen LogP contribution in [0.1, 0.15) is 39.5 Å². The van der Waals surface area contributed by atoms with E-state index in [9.17, 15) is 5.11 Å². The van der Waals surface area contributed by atoms with Gasteiger partial charge in [-0.25, -0.2) is 0 Å². The van der Waals surface area contributed by atoms with Crippen LogP contribution in [0.2, 0.25) is 0 Å². The van der Waals surface area contributed by atoms with Gasteiger partial charge < -0.3 is 5.11 Å². The number of rotatable bonds is 9. The molecule has 2 nitrogen and oxygen atoms in total. The van der Waals surface area contributed by atoms with E-state index in [1.165, 1.54) is 44.3 Å². The SMILES string of the molecule is CCCCN(CCCC)CC1=CC=CC1CO. The van der Waals surface area contributed by atoms with E-state index in [0.29, 0.717) is 0 Å². The Morgan fingerprint density at radius 3 is 2.35 bits per heavy atom. The average Bonchev–Trinajstić information content (AvgIpc) is 2.79. The summed E-state index contributed by atoms with van der Waals surface area (Å²) in [5.74, 6) is 0.265. The summed E-state index contributed by atoms with van der Waals surface area (Å²) in [6.45, 7) is 8.13. The lowest BCUT2D eigenvalue weighted by atomic mass is 10.0. The molecule has 2 heteroatoms. The molecule has 0 aliphatic heterocycles. The molecule has 1 rings (SSSR count). The molecular formula is C15H27NO. The summed E-state index contributed by atoms with van der Waals surface area (Å²) in [5, 5.41) is 9.29. The van der Waals surface area contributed by atoms with Gasteiger partial charge in [-0.15, -0.1) is 0 Å². The van der Waals surface area contributed by atoms with Gasteiger partial charge in [0.15, 0.2) is 0 Å². The predicted molar refractivity (Wildman–Crippen MR) is 74.1 cm³/mol. The third-order valence-electron chi connectivity index (χ3n) is 3.39. The molecule has 98 valence electrons. The normalized spacial score (nSPS) is 19.1. The first-order valence-corrected chi connectivity index (χ1v) is 7.02. The smallest absolute Gasteiger partial charge is 0.0531 e. The van der Waals surface area contributed by atoms with Crippen LogP contribution in [-0.4, -0.2) is 36.2 Å². The van der Waals surface area contributed by atoms with Crippen LogP contribution in [0.15, 0.2) is 23.8 Å². The van der Waals surface area contributed by atoms with Gasteiger partial charge in [0, 0.05) is 12.5 Å². The highest BCUT2D eigenvalue weighted by Crippen LogP contribution is 2.20. The Bertz CT molecular complexity index is 250. The Morgan fingerprint density at radius 2 is 1.82 bits per heavy atom. The lowest BCUT2D eigenvalue weighted by molar-refractivity contribution is 0.246. The molecule has 0 saturated carbocycles. The van der Waals surface area contributed by atoms with Crippen LogP contribution in [-0.2, 0) is 0 Å². The van der Waals surface area contributed by atoms with Gasteiger partial charge in [0.1, 0.15) is 0 Å². The van der Waals surface area contributed by atoms with Crippen molar-refractivity contribution in [3.63, 3.8) is 0 Å². The number of hydrogen-bond donors (Lipinski definition) is 1. The van der Waals surface area contributed by atoms with Crippen molar-refractivity contribution in [3.8, 4) is 0 Å². The number of allylic oxidation sites excluding steroid dienone is 2. The van der Waals surface area contributed by atoms with Gasteiger partial charge >= 0.3 is 0 Å². The maximum atomic E-state index is 9.29. The monoisotopic (exact) mass is 237 g/mol. The second-order valence-electron chi connectivity index (χ2n) is 4.90. The largest absolute Gasteiger partial charge is 0.395 e. The first-order chi connectivity index (χ1) is 8.31. The van der Waals surface area contributed by atoms with Crippen LogP contribution in [0.4, 0.5) is 0 Å². The predicted octanol–water partition coefficient (Wildman–Crippen LogP) is 2.99. The minimum atomic E-state index is 0.248. The summed E-state index contributed by atoms with van der Waals surface area (Å²) in [5.41, 5.74) is 1.37. The maximum Gasteiger partial charge on any atom is 0.0531 e. The van der Waals surface area contributed by atoms with Crippen molar-refractivity contribution in [2.24, 2.45) is 5.92 Å². The molecule has 1 aliphatic carbocycles. The van der Waals surface area contributed by atoms with Crippen molar-refractivity contribution in [2.45, 2.75) is 39.5 Å². The van der Waals surface area contributed by atoms with Crippen molar-refractivity contribution < 1.29 is 5.11 Å². The number of unbranched alkanes of at least 4 members (excludes halogenated alkanes) is 2. The fourth-order valence-corrected chi connectivity index (χ4v) is 2.20. The Hall–Kier alpha value is -0.600. The number of hydrogen-bond acceptors (Lipinski definition) is 2. The fourth-order valence-electron chi connectivity index (χ4n) is 2.20. The summed E-state index contributed by atoms with van der Waals surface area (Å²) in [6.07, 6.45) is 11.4. The van der Waals surface area contributed by atoms with Crippen molar-refractivity contribution in [3.05, 3.63) is 23.8 Å². The lowest BCUT2D eigenvalue weighted by Crippen LogP contribution is -2.30. The average molecular weight is 237 g/mol. The van der Waals surface area contributed by atoms with Crippen molar-refractivity contribution >= 4 is 0 Å². The zero-order valence-electron chi connectivity index (χ0n) is 11.4. The summed E-state index contributed by atoms with van der Waals surface area (Å²) in [7, 11) is 0. The second-order valence-corrected chi connectivity index (χ2v) is 4.90. The van der Waals surface area contributed by atoms with E-state index < -0.39 is 0 Å². The van der Waals surface area contributed by atoms with Crippen LogP contribution in [0.5, 0.6) is 0 Å². The number of nitrogens with zero attached hydrogens (tertiary/aromatic N) is 1. The van der Waals surface area contributed by atoms with Gasteiger partial charge in [-0.3, -0.25) is 4.90 Å². The second kappa shape index (κ2) is 8.48. The number of aliphatic hydroxyl groups is 1. The molecule has 0 bridgehead atoms. The molecular weight excluding hydrogens is 210 g/mol. The van der Waals surface area contributed by atoms with Gasteiger partial charge in [0.25, 0.3) is 0 Å². The van der Waals surface area contributed by atoms with Crippen LogP contribution in [0.3, 0.4) is 0 Å². The quantitative estimate of drug-likeness (QED) is 0.666. The molecule has 17 heavy (non-hydrogen) atoms. The highest BCUT2D eigenvalue weighted by Gasteiger charge is 2.16. The molecule has 1 N–H and O–H groups in total. The van der Waals surface area contributed by atoms with E-state index in [0.717, 1.165) is 6.54 Å². The third-order valence-corrected chi connectivity index (χ3v) is 3.39. The molecule has 0 aromatic rings. The first-order valence-electron chi connectivity index (χ1n) is 7.02. The topological polar surface area (TPSA) is 23.5 Å². The summed E-state index contributed by atoms with van der Waals surface area (Å²) in [4.78, 5) is 2.54. The molecule has 0 spiro atoms. The minimum absolute atomic E-state index is 0.248. The van der Waals surface area contributed by atoms with Gasteiger partial charge in [-0.2, -0.15) is 0 Å². The van der Waals surface area contributed by atoms with E-state index in [1.54, 1.807) is 0 Å². The number of aliphatic hydroxyl groups excluding tert-OH is 1. The highest BCUT2D eigenvalue weighted by atomic mass is 16.3. The summed E-state index contributed by atoms with van der Waals surface area (Å²) >= 11 is 0. The Kier molecular flexibility index (Phi) is 7.22. The van der Waals surface area contributed by atoms with E-state index in [2.05, 4.69) is 37.0 Å². The van der Waals surface area contributed by atoms with Crippen LogP contribution < -0.4 is 0 Å². The van der Waals surface area contributed by atoms with Gasteiger partial charge in [-0.05, 0) is 31.5 Å². The molecule has 0 heterocycles. The van der Waals surface area contributed by atoms with Crippen molar-refractivity contribution in [2.75, 3.05) is 26.2 Å². The molecule has 1 atom stereocenters. The lowest BCUT2D eigenvalue weighted by Gasteiger charge is -2.24. The van der Waals surface area contributed by atoms with E-state index in [4.69, 9.17) is 0 Å². The zero-order chi connectivity index (χ0) is 12.5. The van der Waals surface area contributed by atoms with Crippen LogP contribution in [0.25, 0.3) is 0 Å². The molecule has 1 unspecified atom stereocenters. The van der Waals surface area contributed by atoms with E-state index >= 15 is 0 Å². The molecule has 0 fully saturated rings. The fraction of sp³-hybridized carbons (Fsp3) is 0.733. The molecule has 1 aliphatic rings. The van der Waals surface area contributed by atoms with Crippen molar-refractivity contribution in [1.82, 2.24) is 4.90 Å². The zero-order valence-corrected chi connectivity index (χ0v) is 11.4. The Balaban J connectivity index is 2.41. The van der Waals surface area contributed by atoms with E-state index in [1.807, 2.05) is 0 Å². The molecule has 0 aromatic heterocycles. The molecule has 0 aromatic carbocycles. The Labute approximate surface area is 106 Å². The van der Waals surface area contributed by atoms with Crippen LogP contribution in [0, 0.1) is 5.92 Å².